The maximum atomic E-state index is 5.36. The number of allylic oxidation sites excluding steroid dienone is 2. The molecule has 0 fully saturated rings. The van der Waals surface area contributed by atoms with E-state index < -0.39 is 0 Å². The predicted octanol–water partition coefficient (Wildman–Crippen LogP) is 2.95. The van der Waals surface area contributed by atoms with Crippen molar-refractivity contribution in [2.45, 2.75) is 6.92 Å². The fourth-order valence-electron chi connectivity index (χ4n) is 1.52. The minimum absolute atomic E-state index is 0.601. The zero-order valence-electron chi connectivity index (χ0n) is 10.2. The molecule has 1 radical (unpaired) electrons. The smallest absolute Gasteiger partial charge is 0.203 e. The van der Waals surface area contributed by atoms with Crippen LogP contribution in [0.15, 0.2) is 18.2 Å². The van der Waals surface area contributed by atoms with Crippen LogP contribution in [0.3, 0.4) is 0 Å². The van der Waals surface area contributed by atoms with Gasteiger partial charge in [0, 0.05) is 5.56 Å². The molecule has 0 amide bonds. The van der Waals surface area contributed by atoms with Crippen molar-refractivity contribution in [2.75, 3.05) is 21.3 Å². The van der Waals surface area contributed by atoms with Gasteiger partial charge in [-0.15, -0.1) is 0 Å². The van der Waals surface area contributed by atoms with Gasteiger partial charge in [-0.05, 0) is 31.6 Å². The highest BCUT2D eigenvalue weighted by Crippen LogP contribution is 2.42. The van der Waals surface area contributed by atoms with E-state index in [4.69, 9.17) is 14.2 Å². The molecule has 1 aromatic rings. The second-order valence-corrected chi connectivity index (χ2v) is 3.27. The summed E-state index contributed by atoms with van der Waals surface area (Å²) in [6.45, 7) is 5.71. The summed E-state index contributed by atoms with van der Waals surface area (Å²) in [5.74, 6) is 1.92. The van der Waals surface area contributed by atoms with Crippen molar-refractivity contribution in [2.24, 2.45) is 0 Å². The Bertz CT molecular complexity index is 394. The van der Waals surface area contributed by atoms with Crippen LogP contribution in [0.2, 0.25) is 0 Å². The Labute approximate surface area is 96.6 Å². The second kappa shape index (κ2) is 5.45. The van der Waals surface area contributed by atoms with Gasteiger partial charge in [-0.2, -0.15) is 0 Å². The maximum absolute atomic E-state index is 5.36. The third-order valence-corrected chi connectivity index (χ3v) is 2.44. The molecule has 0 aliphatic carbocycles. The first-order valence-corrected chi connectivity index (χ1v) is 4.94. The molecule has 1 aromatic carbocycles. The summed E-state index contributed by atoms with van der Waals surface area (Å²) in [6, 6.07) is 3.78. The van der Waals surface area contributed by atoms with Gasteiger partial charge in [0.25, 0.3) is 0 Å². The molecular formula is C13H17O3. The van der Waals surface area contributed by atoms with Crippen LogP contribution in [0.25, 0.3) is 5.57 Å². The quantitative estimate of drug-likeness (QED) is 0.782. The molecule has 1 rings (SSSR count). The minimum atomic E-state index is 0.601. The molecule has 0 aromatic heterocycles. The fourth-order valence-corrected chi connectivity index (χ4v) is 1.52. The topological polar surface area (TPSA) is 27.7 Å². The van der Waals surface area contributed by atoms with Crippen molar-refractivity contribution >= 4 is 5.57 Å². The molecule has 0 saturated carbocycles. The highest BCUT2D eigenvalue weighted by molar-refractivity contribution is 5.74. The van der Waals surface area contributed by atoms with E-state index in [1.165, 1.54) is 0 Å². The Morgan fingerprint density at radius 2 is 1.69 bits per heavy atom. The van der Waals surface area contributed by atoms with E-state index in [-0.39, 0.29) is 0 Å². The van der Waals surface area contributed by atoms with Crippen LogP contribution < -0.4 is 14.2 Å². The molecule has 0 bridgehead atoms. The van der Waals surface area contributed by atoms with Gasteiger partial charge >= 0.3 is 0 Å². The van der Waals surface area contributed by atoms with Crippen molar-refractivity contribution in [3.05, 3.63) is 30.7 Å². The van der Waals surface area contributed by atoms with Gasteiger partial charge < -0.3 is 14.2 Å². The van der Waals surface area contributed by atoms with Gasteiger partial charge in [0.05, 0.1) is 21.3 Å². The lowest BCUT2D eigenvalue weighted by Gasteiger charge is -2.15. The number of hydrogen-bond acceptors (Lipinski definition) is 3. The largest absolute Gasteiger partial charge is 0.493 e. The lowest BCUT2D eigenvalue weighted by Crippen LogP contribution is -1.97. The number of ether oxygens (including phenoxy) is 3. The zero-order chi connectivity index (χ0) is 12.1. The maximum Gasteiger partial charge on any atom is 0.203 e. The normalized spacial score (nSPS) is 11.2. The van der Waals surface area contributed by atoms with Crippen molar-refractivity contribution in [1.29, 1.82) is 0 Å². The van der Waals surface area contributed by atoms with Crippen LogP contribution in [0, 0.1) is 6.92 Å². The first kappa shape index (κ1) is 12.4. The molecule has 0 aliphatic rings. The minimum Gasteiger partial charge on any atom is -0.493 e. The lowest BCUT2D eigenvalue weighted by molar-refractivity contribution is 0.324. The van der Waals surface area contributed by atoms with Crippen LogP contribution >= 0.6 is 0 Å². The second-order valence-electron chi connectivity index (χ2n) is 3.27. The summed E-state index contributed by atoms with van der Waals surface area (Å²) < 4.78 is 15.9. The molecular weight excluding hydrogens is 204 g/mol. The van der Waals surface area contributed by atoms with Gasteiger partial charge in [0.15, 0.2) is 11.5 Å². The Hall–Kier alpha value is -1.64. The lowest BCUT2D eigenvalue weighted by atomic mass is 10.1. The molecule has 0 aliphatic heterocycles. The molecule has 0 saturated heterocycles. The van der Waals surface area contributed by atoms with Gasteiger partial charge in [0.1, 0.15) is 0 Å². The monoisotopic (exact) mass is 221 g/mol. The summed E-state index contributed by atoms with van der Waals surface area (Å²) in [7, 11) is 4.80. The molecule has 0 atom stereocenters. The Morgan fingerprint density at radius 1 is 1.06 bits per heavy atom. The first-order chi connectivity index (χ1) is 7.69. The van der Waals surface area contributed by atoms with Crippen molar-refractivity contribution in [3.63, 3.8) is 0 Å². The SMILES string of the molecule is [CH2]C=C(C)c1ccc(OC)c(OC)c1OC. The number of rotatable bonds is 4. The Balaban J connectivity index is 3.43. The van der Waals surface area contributed by atoms with Crippen molar-refractivity contribution in [1.82, 2.24) is 0 Å². The summed E-state index contributed by atoms with van der Waals surface area (Å²) in [4.78, 5) is 0. The standard InChI is InChI=1S/C13H17O3/c1-6-9(2)10-7-8-11(14-3)13(16-5)12(10)15-4/h6-8H,1H2,2-5H3. The van der Waals surface area contributed by atoms with Gasteiger partial charge in [-0.1, -0.05) is 6.08 Å². The van der Waals surface area contributed by atoms with Crippen LogP contribution in [-0.2, 0) is 0 Å². The zero-order valence-corrected chi connectivity index (χ0v) is 10.2. The van der Waals surface area contributed by atoms with Crippen LogP contribution in [0.5, 0.6) is 17.2 Å². The van der Waals surface area contributed by atoms with Crippen molar-refractivity contribution < 1.29 is 14.2 Å². The van der Waals surface area contributed by atoms with E-state index in [1.807, 2.05) is 19.1 Å². The number of methoxy groups -OCH3 is 3. The molecule has 0 N–H and O–H groups in total. The summed E-state index contributed by atoms with van der Waals surface area (Å²) >= 11 is 0. The number of hydrogen-bond donors (Lipinski definition) is 0. The predicted molar refractivity (Wildman–Crippen MR) is 65.1 cm³/mol. The average Bonchev–Trinajstić information content (AvgIpc) is 2.35. The molecule has 3 nitrogen and oxygen atoms in total. The van der Waals surface area contributed by atoms with E-state index in [0.717, 1.165) is 11.1 Å². The van der Waals surface area contributed by atoms with E-state index in [0.29, 0.717) is 17.2 Å². The summed E-state index contributed by atoms with van der Waals surface area (Å²) in [5.41, 5.74) is 1.98. The van der Waals surface area contributed by atoms with Gasteiger partial charge in [-0.25, -0.2) is 0 Å². The van der Waals surface area contributed by atoms with Crippen LogP contribution in [0.4, 0.5) is 0 Å². The third-order valence-electron chi connectivity index (χ3n) is 2.44. The average molecular weight is 221 g/mol. The molecule has 0 spiro atoms. The highest BCUT2D eigenvalue weighted by atomic mass is 16.5. The van der Waals surface area contributed by atoms with E-state index in [2.05, 4.69) is 6.92 Å². The van der Waals surface area contributed by atoms with Gasteiger partial charge in [-0.3, -0.25) is 0 Å². The van der Waals surface area contributed by atoms with Crippen LogP contribution in [-0.4, -0.2) is 21.3 Å². The molecule has 3 heteroatoms. The molecule has 0 heterocycles. The molecule has 87 valence electrons. The summed E-state index contributed by atoms with van der Waals surface area (Å²) in [5, 5.41) is 0. The van der Waals surface area contributed by atoms with Crippen molar-refractivity contribution in [3.8, 4) is 17.2 Å². The van der Waals surface area contributed by atoms with E-state index >= 15 is 0 Å². The first-order valence-electron chi connectivity index (χ1n) is 4.94. The Morgan fingerprint density at radius 3 is 2.12 bits per heavy atom. The fraction of sp³-hybridized carbons (Fsp3) is 0.308. The van der Waals surface area contributed by atoms with E-state index in [1.54, 1.807) is 27.4 Å². The molecule has 16 heavy (non-hydrogen) atoms. The highest BCUT2D eigenvalue weighted by Gasteiger charge is 2.15. The molecule has 0 unspecified atom stereocenters. The summed E-state index contributed by atoms with van der Waals surface area (Å²) in [6.07, 6.45) is 1.78. The van der Waals surface area contributed by atoms with Gasteiger partial charge in [0.2, 0.25) is 5.75 Å². The Kier molecular flexibility index (Phi) is 4.23. The number of benzene rings is 1. The van der Waals surface area contributed by atoms with E-state index in [9.17, 15) is 0 Å². The third kappa shape index (κ3) is 2.13. The van der Waals surface area contributed by atoms with Crippen LogP contribution in [0.1, 0.15) is 12.5 Å².